The Morgan fingerprint density at radius 1 is 1.43 bits per heavy atom. The first-order chi connectivity index (χ1) is 6.74. The molecule has 0 unspecified atom stereocenters. The van der Waals surface area contributed by atoms with Crippen LogP contribution in [0.2, 0.25) is 0 Å². The molecule has 0 aliphatic heterocycles. The van der Waals surface area contributed by atoms with Crippen molar-refractivity contribution < 1.29 is 9.59 Å². The van der Waals surface area contributed by atoms with Gasteiger partial charge in [0.05, 0.1) is 0 Å². The van der Waals surface area contributed by atoms with E-state index in [0.717, 1.165) is 10.0 Å². The highest BCUT2D eigenvalue weighted by Gasteiger charge is 1.94. The lowest BCUT2D eigenvalue weighted by Crippen LogP contribution is -1.84. The van der Waals surface area contributed by atoms with E-state index in [-0.39, 0.29) is 0 Å². The van der Waals surface area contributed by atoms with Gasteiger partial charge < -0.3 is 0 Å². The first-order valence-corrected chi connectivity index (χ1v) is 4.58. The van der Waals surface area contributed by atoms with Crippen LogP contribution in [-0.2, 0) is 9.59 Å². The van der Waals surface area contributed by atoms with Gasteiger partial charge in [-0.2, -0.15) is 0 Å². The first kappa shape index (κ1) is 10.6. The second kappa shape index (κ2) is 5.27. The van der Waals surface area contributed by atoms with Crippen molar-refractivity contribution in [2.75, 3.05) is 0 Å². The highest BCUT2D eigenvalue weighted by Crippen LogP contribution is 2.16. The molecule has 70 valence electrons. The molecule has 0 saturated carbocycles. The number of aliphatic imine (C=N–C) groups is 1. The topological polar surface area (TPSA) is 46.5 Å². The van der Waals surface area contributed by atoms with Gasteiger partial charge in [-0.3, -0.25) is 4.79 Å². The van der Waals surface area contributed by atoms with Gasteiger partial charge in [0.25, 0.3) is 5.91 Å². The molecule has 0 radical (unpaired) electrons. The number of amides is 1. The van der Waals surface area contributed by atoms with Crippen LogP contribution < -0.4 is 0 Å². The van der Waals surface area contributed by atoms with Crippen molar-refractivity contribution in [1.82, 2.24) is 0 Å². The fourth-order valence-electron chi connectivity index (χ4n) is 0.854. The fourth-order valence-corrected chi connectivity index (χ4v) is 1.27. The molecule has 0 N–H and O–H groups in total. The van der Waals surface area contributed by atoms with Crippen molar-refractivity contribution in [3.8, 4) is 0 Å². The zero-order valence-electron chi connectivity index (χ0n) is 7.11. The molecule has 0 fully saturated rings. The Morgan fingerprint density at radius 2 is 2.14 bits per heavy atom. The van der Waals surface area contributed by atoms with Gasteiger partial charge in [-0.05, 0) is 17.7 Å². The molecule has 0 spiro atoms. The molecule has 0 atom stereocenters. The van der Waals surface area contributed by atoms with Crippen LogP contribution in [0, 0.1) is 0 Å². The Morgan fingerprint density at radius 3 is 2.79 bits per heavy atom. The van der Waals surface area contributed by atoms with E-state index < -0.39 is 5.91 Å². The largest absolute Gasteiger partial charge is 0.280 e. The second-order valence-electron chi connectivity index (χ2n) is 2.40. The summed E-state index contributed by atoms with van der Waals surface area (Å²) in [6.07, 6.45) is 3.97. The summed E-state index contributed by atoms with van der Waals surface area (Å²) in [5, 5.41) is 0. The Kier molecular flexibility index (Phi) is 3.98. The summed E-state index contributed by atoms with van der Waals surface area (Å²) < 4.78 is 0.874. The Labute approximate surface area is 89.3 Å². The van der Waals surface area contributed by atoms with E-state index in [2.05, 4.69) is 20.9 Å². The van der Waals surface area contributed by atoms with E-state index in [1.54, 1.807) is 6.08 Å². The van der Waals surface area contributed by atoms with Crippen molar-refractivity contribution in [2.24, 2.45) is 4.99 Å². The van der Waals surface area contributed by atoms with Gasteiger partial charge in [0.2, 0.25) is 6.08 Å². The van der Waals surface area contributed by atoms with E-state index in [4.69, 9.17) is 0 Å². The summed E-state index contributed by atoms with van der Waals surface area (Å²) in [6, 6.07) is 7.40. The van der Waals surface area contributed by atoms with Crippen LogP contribution in [0.1, 0.15) is 5.56 Å². The van der Waals surface area contributed by atoms with Gasteiger partial charge in [-0.15, -0.1) is 4.99 Å². The highest BCUT2D eigenvalue weighted by atomic mass is 79.9. The Bertz CT molecular complexity index is 420. The molecule has 0 aliphatic carbocycles. The van der Waals surface area contributed by atoms with Crippen molar-refractivity contribution in [2.45, 2.75) is 0 Å². The lowest BCUT2D eigenvalue weighted by atomic mass is 10.2. The molecule has 1 rings (SSSR count). The number of carbonyl (C=O) groups is 1. The smallest absolute Gasteiger partial charge is 0.267 e. The lowest BCUT2D eigenvalue weighted by molar-refractivity contribution is -0.113. The number of carbonyl (C=O) groups excluding carboxylic acids is 2. The molecule has 1 aromatic carbocycles. The Hall–Kier alpha value is -1.51. The van der Waals surface area contributed by atoms with Crippen LogP contribution >= 0.6 is 15.9 Å². The first-order valence-electron chi connectivity index (χ1n) is 3.78. The summed E-state index contributed by atoms with van der Waals surface area (Å²) in [5.74, 6) is -0.615. The minimum Gasteiger partial charge on any atom is -0.267 e. The van der Waals surface area contributed by atoms with Crippen molar-refractivity contribution in [3.63, 3.8) is 0 Å². The summed E-state index contributed by atoms with van der Waals surface area (Å²) in [5.41, 5.74) is 0.849. The molecule has 4 heteroatoms. The number of rotatable bonds is 2. The van der Waals surface area contributed by atoms with E-state index in [9.17, 15) is 9.59 Å². The standard InChI is InChI=1S/C10H6BrNO2/c11-9-4-2-1-3-8(9)5-6-10(14)12-7-13/h1-6H/b6-5+. The Balaban J connectivity index is 2.83. The van der Waals surface area contributed by atoms with Gasteiger partial charge in [-0.1, -0.05) is 34.1 Å². The molecular weight excluding hydrogens is 246 g/mol. The number of nitrogens with zero attached hydrogens (tertiary/aromatic N) is 1. The fraction of sp³-hybridized carbons (Fsp3) is 0. The van der Waals surface area contributed by atoms with Gasteiger partial charge in [0.1, 0.15) is 0 Å². The van der Waals surface area contributed by atoms with Crippen LogP contribution in [0.3, 0.4) is 0 Å². The molecular formula is C10H6BrNO2. The van der Waals surface area contributed by atoms with Crippen LogP contribution in [-0.4, -0.2) is 12.0 Å². The van der Waals surface area contributed by atoms with Gasteiger partial charge in [0, 0.05) is 10.5 Å². The third-order valence-corrected chi connectivity index (χ3v) is 2.19. The third-order valence-electron chi connectivity index (χ3n) is 1.47. The molecule has 1 aromatic rings. The summed E-state index contributed by atoms with van der Waals surface area (Å²) in [7, 11) is 0. The maximum Gasteiger partial charge on any atom is 0.280 e. The van der Waals surface area contributed by atoms with Crippen molar-refractivity contribution in [1.29, 1.82) is 0 Å². The monoisotopic (exact) mass is 251 g/mol. The summed E-state index contributed by atoms with van der Waals surface area (Å²) >= 11 is 3.31. The predicted octanol–water partition coefficient (Wildman–Crippen LogP) is 2.32. The summed E-state index contributed by atoms with van der Waals surface area (Å²) in [6.45, 7) is 0. The van der Waals surface area contributed by atoms with Crippen LogP contribution in [0.5, 0.6) is 0 Å². The van der Waals surface area contributed by atoms with Gasteiger partial charge in [0.15, 0.2) is 0 Å². The highest BCUT2D eigenvalue weighted by molar-refractivity contribution is 9.10. The van der Waals surface area contributed by atoms with E-state index in [0.29, 0.717) is 0 Å². The van der Waals surface area contributed by atoms with E-state index in [1.807, 2.05) is 24.3 Å². The normalized spacial score (nSPS) is 9.79. The molecule has 0 heterocycles. The maximum atomic E-state index is 10.8. The van der Waals surface area contributed by atoms with Crippen LogP contribution in [0.25, 0.3) is 6.08 Å². The van der Waals surface area contributed by atoms with E-state index in [1.165, 1.54) is 12.2 Å². The SMILES string of the molecule is O=C=NC(=O)/C=C/c1ccccc1Br. The van der Waals surface area contributed by atoms with Gasteiger partial charge in [-0.25, -0.2) is 4.79 Å². The average Bonchev–Trinajstić information content (AvgIpc) is 2.17. The zero-order chi connectivity index (χ0) is 10.4. The number of isocyanates is 1. The minimum absolute atomic E-state index is 0.615. The summed E-state index contributed by atoms with van der Waals surface area (Å²) in [4.78, 5) is 23.5. The van der Waals surface area contributed by atoms with Crippen LogP contribution in [0.4, 0.5) is 0 Å². The quantitative estimate of drug-likeness (QED) is 0.460. The van der Waals surface area contributed by atoms with Crippen LogP contribution in [0.15, 0.2) is 39.8 Å². The third kappa shape index (κ3) is 3.09. The molecule has 0 saturated heterocycles. The number of hydrogen-bond acceptors (Lipinski definition) is 2. The molecule has 0 bridgehead atoms. The minimum atomic E-state index is -0.615. The predicted molar refractivity (Wildman–Crippen MR) is 56.3 cm³/mol. The number of halogens is 1. The molecule has 0 aromatic heterocycles. The van der Waals surface area contributed by atoms with Crippen molar-refractivity contribution >= 4 is 34.0 Å². The maximum absolute atomic E-state index is 10.8. The molecule has 3 nitrogen and oxygen atoms in total. The average molecular weight is 252 g/mol. The zero-order valence-corrected chi connectivity index (χ0v) is 8.69. The second-order valence-corrected chi connectivity index (χ2v) is 3.25. The lowest BCUT2D eigenvalue weighted by Gasteiger charge is -1.94. The molecule has 14 heavy (non-hydrogen) atoms. The molecule has 0 aliphatic rings. The number of hydrogen-bond donors (Lipinski definition) is 0. The van der Waals surface area contributed by atoms with Gasteiger partial charge >= 0.3 is 0 Å². The van der Waals surface area contributed by atoms with E-state index >= 15 is 0 Å². The molecule has 1 amide bonds. The number of benzene rings is 1. The van der Waals surface area contributed by atoms with Crippen molar-refractivity contribution in [3.05, 3.63) is 40.4 Å².